The van der Waals surface area contributed by atoms with Crippen LogP contribution in [0.5, 0.6) is 0 Å². The zero-order valence-corrected chi connectivity index (χ0v) is 16.2. The summed E-state index contributed by atoms with van der Waals surface area (Å²) in [5, 5.41) is 4.53. The Bertz CT molecular complexity index is 1160. The number of rotatable bonds is 3. The van der Waals surface area contributed by atoms with Crippen molar-refractivity contribution in [3.63, 3.8) is 0 Å². The molecule has 0 atom stereocenters. The zero-order valence-electron chi connectivity index (χ0n) is 16.2. The molecule has 28 heavy (non-hydrogen) atoms. The van der Waals surface area contributed by atoms with E-state index in [0.717, 1.165) is 46.7 Å². The van der Waals surface area contributed by atoms with Crippen molar-refractivity contribution in [3.05, 3.63) is 71.7 Å². The standard InChI is InChI=1S/C23H23N5/c1-15-20(17-7-4-3-5-8-17)21(26-22-25-16(2)27-28(15)22)18-9-11-19(12-10-18)23(24)13-6-14-23/h3-5,7-12H,6,13-14,24H2,1-2H3. The number of aromatic nitrogens is 4. The second-order valence-corrected chi connectivity index (χ2v) is 7.74. The number of hydrogen-bond acceptors (Lipinski definition) is 4. The second kappa shape index (κ2) is 6.24. The van der Waals surface area contributed by atoms with Crippen LogP contribution in [0.15, 0.2) is 54.6 Å². The molecule has 1 fully saturated rings. The molecule has 0 aliphatic heterocycles. The Labute approximate surface area is 164 Å². The molecule has 1 saturated carbocycles. The maximum Gasteiger partial charge on any atom is 0.253 e. The molecule has 5 heteroatoms. The Morgan fingerprint density at radius 1 is 0.893 bits per heavy atom. The minimum atomic E-state index is -0.155. The van der Waals surface area contributed by atoms with Gasteiger partial charge in [0.1, 0.15) is 5.82 Å². The summed E-state index contributed by atoms with van der Waals surface area (Å²) in [6.07, 6.45) is 3.33. The van der Waals surface area contributed by atoms with E-state index in [1.54, 1.807) is 0 Å². The SMILES string of the molecule is Cc1nc2nc(-c3ccc(C4(N)CCC4)cc3)c(-c3ccccc3)c(C)n2n1. The van der Waals surface area contributed by atoms with Crippen LogP contribution >= 0.6 is 0 Å². The van der Waals surface area contributed by atoms with Gasteiger partial charge < -0.3 is 5.73 Å². The van der Waals surface area contributed by atoms with Gasteiger partial charge in [-0.15, -0.1) is 0 Å². The van der Waals surface area contributed by atoms with Crippen molar-refractivity contribution in [2.75, 3.05) is 0 Å². The molecular weight excluding hydrogens is 346 g/mol. The van der Waals surface area contributed by atoms with Crippen molar-refractivity contribution in [2.45, 2.75) is 38.6 Å². The largest absolute Gasteiger partial charge is 0.321 e. The third kappa shape index (κ3) is 2.62. The van der Waals surface area contributed by atoms with Crippen molar-refractivity contribution in [2.24, 2.45) is 5.73 Å². The first-order valence-electron chi connectivity index (χ1n) is 9.74. The summed E-state index contributed by atoms with van der Waals surface area (Å²) >= 11 is 0. The topological polar surface area (TPSA) is 69.1 Å². The molecule has 0 spiro atoms. The predicted molar refractivity (Wildman–Crippen MR) is 111 cm³/mol. The van der Waals surface area contributed by atoms with Gasteiger partial charge >= 0.3 is 0 Å². The van der Waals surface area contributed by atoms with Crippen LogP contribution in [0.4, 0.5) is 0 Å². The van der Waals surface area contributed by atoms with Crippen LogP contribution in [0.3, 0.4) is 0 Å². The van der Waals surface area contributed by atoms with Crippen LogP contribution in [0.2, 0.25) is 0 Å². The lowest BCUT2D eigenvalue weighted by molar-refractivity contribution is 0.253. The van der Waals surface area contributed by atoms with E-state index in [2.05, 4.69) is 53.4 Å². The summed E-state index contributed by atoms with van der Waals surface area (Å²) in [6, 6.07) is 18.9. The molecule has 1 aliphatic carbocycles. The molecule has 2 heterocycles. The molecule has 2 N–H and O–H groups in total. The molecule has 0 radical (unpaired) electrons. The monoisotopic (exact) mass is 369 g/mol. The Hall–Kier alpha value is -3.05. The summed E-state index contributed by atoms with van der Waals surface area (Å²) in [5.74, 6) is 1.35. The maximum absolute atomic E-state index is 6.50. The van der Waals surface area contributed by atoms with Gasteiger partial charge in [0, 0.05) is 16.7 Å². The molecule has 0 amide bonds. The first-order valence-corrected chi connectivity index (χ1v) is 9.74. The smallest absolute Gasteiger partial charge is 0.253 e. The van der Waals surface area contributed by atoms with Gasteiger partial charge in [-0.1, -0.05) is 54.6 Å². The molecule has 5 rings (SSSR count). The quantitative estimate of drug-likeness (QED) is 0.581. The normalized spacial score (nSPS) is 15.5. The number of nitrogens with zero attached hydrogens (tertiary/aromatic N) is 4. The van der Waals surface area contributed by atoms with Gasteiger partial charge in [0.2, 0.25) is 0 Å². The van der Waals surface area contributed by atoms with Crippen LogP contribution in [0.25, 0.3) is 28.2 Å². The van der Waals surface area contributed by atoms with E-state index in [1.165, 1.54) is 12.0 Å². The Morgan fingerprint density at radius 2 is 1.61 bits per heavy atom. The Balaban J connectivity index is 1.71. The number of benzene rings is 2. The van der Waals surface area contributed by atoms with Gasteiger partial charge in [-0.3, -0.25) is 0 Å². The average molecular weight is 369 g/mol. The van der Waals surface area contributed by atoms with E-state index in [4.69, 9.17) is 10.7 Å². The predicted octanol–water partition coefficient (Wildman–Crippen LogP) is 4.41. The highest BCUT2D eigenvalue weighted by Crippen LogP contribution is 2.40. The van der Waals surface area contributed by atoms with Crippen molar-refractivity contribution >= 4 is 5.78 Å². The first kappa shape index (κ1) is 17.1. The van der Waals surface area contributed by atoms with Crippen LogP contribution in [-0.2, 0) is 5.54 Å². The molecular formula is C23H23N5. The molecule has 4 aromatic rings. The van der Waals surface area contributed by atoms with E-state index in [9.17, 15) is 0 Å². The molecule has 0 bridgehead atoms. The summed E-state index contributed by atoms with van der Waals surface area (Å²) in [5.41, 5.74) is 12.8. The molecule has 2 aromatic carbocycles. The Morgan fingerprint density at radius 3 is 2.25 bits per heavy atom. The number of hydrogen-bond donors (Lipinski definition) is 1. The molecule has 0 unspecified atom stereocenters. The number of fused-ring (bicyclic) bond motifs is 1. The highest BCUT2D eigenvalue weighted by atomic mass is 15.3. The Kier molecular flexibility index (Phi) is 3.81. The van der Waals surface area contributed by atoms with Crippen molar-refractivity contribution in [1.29, 1.82) is 0 Å². The zero-order chi connectivity index (χ0) is 19.3. The third-order valence-electron chi connectivity index (χ3n) is 5.87. The van der Waals surface area contributed by atoms with Crippen LogP contribution < -0.4 is 5.73 Å². The van der Waals surface area contributed by atoms with E-state index in [-0.39, 0.29) is 5.54 Å². The first-order chi connectivity index (χ1) is 13.5. The maximum atomic E-state index is 6.50. The molecule has 140 valence electrons. The molecule has 5 nitrogen and oxygen atoms in total. The van der Waals surface area contributed by atoms with Crippen LogP contribution in [-0.4, -0.2) is 19.6 Å². The second-order valence-electron chi connectivity index (χ2n) is 7.74. The molecule has 2 aromatic heterocycles. The minimum Gasteiger partial charge on any atom is -0.321 e. The lowest BCUT2D eigenvalue weighted by Gasteiger charge is -2.38. The number of nitrogens with two attached hydrogens (primary N) is 1. The van der Waals surface area contributed by atoms with Crippen molar-refractivity contribution in [3.8, 4) is 22.4 Å². The minimum absolute atomic E-state index is 0.155. The molecule has 1 aliphatic rings. The highest BCUT2D eigenvalue weighted by molar-refractivity contribution is 5.83. The van der Waals surface area contributed by atoms with Crippen LogP contribution in [0, 0.1) is 13.8 Å². The van der Waals surface area contributed by atoms with Crippen molar-refractivity contribution in [1.82, 2.24) is 19.6 Å². The average Bonchev–Trinajstić information content (AvgIpc) is 3.07. The van der Waals surface area contributed by atoms with Gasteiger partial charge in [-0.25, -0.2) is 9.50 Å². The lowest BCUT2D eigenvalue weighted by atomic mass is 9.72. The summed E-state index contributed by atoms with van der Waals surface area (Å²) in [6.45, 7) is 3.97. The van der Waals surface area contributed by atoms with Gasteiger partial charge in [0.15, 0.2) is 0 Å². The van der Waals surface area contributed by atoms with Gasteiger partial charge in [-0.2, -0.15) is 10.1 Å². The van der Waals surface area contributed by atoms with E-state index in [0.29, 0.717) is 5.78 Å². The summed E-state index contributed by atoms with van der Waals surface area (Å²) < 4.78 is 1.83. The van der Waals surface area contributed by atoms with Gasteiger partial charge in [-0.05, 0) is 44.2 Å². The van der Waals surface area contributed by atoms with E-state index < -0.39 is 0 Å². The summed E-state index contributed by atoms with van der Waals surface area (Å²) in [7, 11) is 0. The van der Waals surface area contributed by atoms with Gasteiger partial charge in [0.25, 0.3) is 5.78 Å². The van der Waals surface area contributed by atoms with Crippen molar-refractivity contribution < 1.29 is 0 Å². The lowest BCUT2D eigenvalue weighted by Crippen LogP contribution is -2.43. The highest BCUT2D eigenvalue weighted by Gasteiger charge is 2.34. The third-order valence-corrected chi connectivity index (χ3v) is 5.87. The van der Waals surface area contributed by atoms with Gasteiger partial charge in [0.05, 0.1) is 11.4 Å². The fourth-order valence-corrected chi connectivity index (χ4v) is 4.10. The fourth-order valence-electron chi connectivity index (χ4n) is 4.10. The molecule has 0 saturated heterocycles. The summed E-state index contributed by atoms with van der Waals surface area (Å²) in [4.78, 5) is 9.38. The number of aryl methyl sites for hydroxylation is 2. The van der Waals surface area contributed by atoms with E-state index >= 15 is 0 Å². The van der Waals surface area contributed by atoms with E-state index in [1.807, 2.05) is 29.6 Å². The van der Waals surface area contributed by atoms with Crippen LogP contribution in [0.1, 0.15) is 36.3 Å². The fraction of sp³-hybridized carbons (Fsp3) is 0.261.